The molecule has 1 atom stereocenters. The molecule has 0 saturated carbocycles. The lowest BCUT2D eigenvalue weighted by atomic mass is 9.98. The highest BCUT2D eigenvalue weighted by atomic mass is 32.2. The van der Waals surface area contributed by atoms with Gasteiger partial charge in [0.2, 0.25) is 10.0 Å². The minimum atomic E-state index is -3.62. The van der Waals surface area contributed by atoms with E-state index in [2.05, 4.69) is 44.5 Å². The molecule has 0 spiro atoms. The van der Waals surface area contributed by atoms with Crippen LogP contribution in [0.3, 0.4) is 0 Å². The lowest BCUT2D eigenvalue weighted by molar-refractivity contribution is 0.174. The van der Waals surface area contributed by atoms with Crippen molar-refractivity contribution in [1.82, 2.24) is 14.2 Å². The maximum absolute atomic E-state index is 13.3. The fraction of sp³-hybridized carbons (Fsp3) is 0.360. The van der Waals surface area contributed by atoms with Gasteiger partial charge in [-0.25, -0.2) is 13.1 Å². The Balaban J connectivity index is 1.62. The van der Waals surface area contributed by atoms with Crippen LogP contribution in [-0.2, 0) is 30.0 Å². The van der Waals surface area contributed by atoms with Crippen LogP contribution in [0.4, 0.5) is 0 Å². The highest BCUT2D eigenvalue weighted by Gasteiger charge is 2.29. The Morgan fingerprint density at radius 3 is 2.32 bits per heavy atom. The summed E-state index contributed by atoms with van der Waals surface area (Å²) in [5.41, 5.74) is 6.46. The molecule has 0 aliphatic carbocycles. The molecule has 1 aromatic heterocycles. The number of hydrogen-bond donors (Lipinski definition) is 1. The van der Waals surface area contributed by atoms with Gasteiger partial charge in [0.1, 0.15) is 0 Å². The zero-order valence-electron chi connectivity index (χ0n) is 18.7. The summed E-state index contributed by atoms with van der Waals surface area (Å²) in [7, 11) is -1.61. The third-order valence-corrected chi connectivity index (χ3v) is 7.99. The molecule has 6 heteroatoms. The SMILES string of the molecule is Cc1cc(C)c(S(=O)(=O)NCC(c2cccn2C)N2CCc3ccccc3C2)c(C)c1. The van der Waals surface area contributed by atoms with Crippen molar-refractivity contribution in [2.75, 3.05) is 13.1 Å². The summed E-state index contributed by atoms with van der Waals surface area (Å²) in [6, 6.07) is 16.4. The van der Waals surface area contributed by atoms with Crippen molar-refractivity contribution in [3.05, 3.63) is 88.2 Å². The summed E-state index contributed by atoms with van der Waals surface area (Å²) in [6.07, 6.45) is 2.99. The first kappa shape index (κ1) is 21.8. The second-order valence-corrected chi connectivity index (χ2v) is 10.3. The molecule has 1 N–H and O–H groups in total. The van der Waals surface area contributed by atoms with E-state index >= 15 is 0 Å². The van der Waals surface area contributed by atoms with Crippen LogP contribution in [0.1, 0.15) is 39.6 Å². The van der Waals surface area contributed by atoms with Crippen LogP contribution in [0, 0.1) is 20.8 Å². The molecule has 0 saturated heterocycles. The Labute approximate surface area is 185 Å². The highest BCUT2D eigenvalue weighted by Crippen LogP contribution is 2.29. The maximum atomic E-state index is 13.3. The van der Waals surface area contributed by atoms with Gasteiger partial charge in [0, 0.05) is 38.6 Å². The molecule has 3 aromatic rings. The van der Waals surface area contributed by atoms with E-state index in [1.54, 1.807) is 0 Å². The second kappa shape index (κ2) is 8.61. The van der Waals surface area contributed by atoms with Crippen LogP contribution in [0.15, 0.2) is 59.6 Å². The van der Waals surface area contributed by atoms with Gasteiger partial charge in [0.05, 0.1) is 10.9 Å². The summed E-state index contributed by atoms with van der Waals surface area (Å²) >= 11 is 0. The Morgan fingerprint density at radius 1 is 1.00 bits per heavy atom. The van der Waals surface area contributed by atoms with E-state index < -0.39 is 10.0 Å². The van der Waals surface area contributed by atoms with E-state index in [1.165, 1.54) is 11.1 Å². The molecular formula is C25H31N3O2S. The van der Waals surface area contributed by atoms with Crippen molar-refractivity contribution < 1.29 is 8.42 Å². The van der Waals surface area contributed by atoms with Gasteiger partial charge >= 0.3 is 0 Å². The lowest BCUT2D eigenvalue weighted by Gasteiger charge is -2.36. The maximum Gasteiger partial charge on any atom is 0.241 e. The predicted octanol–water partition coefficient (Wildman–Crippen LogP) is 4.03. The molecule has 31 heavy (non-hydrogen) atoms. The molecule has 1 aliphatic rings. The predicted molar refractivity (Wildman–Crippen MR) is 125 cm³/mol. The zero-order chi connectivity index (χ0) is 22.2. The standard InChI is InChI=1S/C25H31N3O2S/c1-18-14-19(2)25(20(3)15-18)31(29,30)26-16-24(23-10-7-12-27(23)4)28-13-11-21-8-5-6-9-22(21)17-28/h5-10,12,14-15,24,26H,11,13,16-17H2,1-4H3. The third-order valence-electron chi connectivity index (χ3n) is 6.27. The van der Waals surface area contributed by atoms with Crippen LogP contribution in [-0.4, -0.2) is 31.0 Å². The van der Waals surface area contributed by atoms with Crippen LogP contribution < -0.4 is 4.72 Å². The van der Waals surface area contributed by atoms with Crippen molar-refractivity contribution in [2.45, 2.75) is 44.7 Å². The van der Waals surface area contributed by atoms with Crippen molar-refractivity contribution in [2.24, 2.45) is 7.05 Å². The van der Waals surface area contributed by atoms with Gasteiger partial charge < -0.3 is 4.57 Å². The molecule has 1 aliphatic heterocycles. The number of nitrogens with zero attached hydrogens (tertiary/aromatic N) is 2. The zero-order valence-corrected chi connectivity index (χ0v) is 19.5. The number of fused-ring (bicyclic) bond motifs is 1. The molecular weight excluding hydrogens is 406 g/mol. The number of hydrogen-bond acceptors (Lipinski definition) is 3. The summed E-state index contributed by atoms with van der Waals surface area (Å²) < 4.78 is 31.6. The first-order valence-corrected chi connectivity index (χ1v) is 12.2. The summed E-state index contributed by atoms with van der Waals surface area (Å²) in [6.45, 7) is 7.77. The Hall–Kier alpha value is -2.41. The molecule has 1 unspecified atom stereocenters. The number of rotatable bonds is 6. The number of sulfonamides is 1. The fourth-order valence-corrected chi connectivity index (χ4v) is 6.36. The molecule has 5 nitrogen and oxygen atoms in total. The molecule has 164 valence electrons. The van der Waals surface area contributed by atoms with E-state index in [0.717, 1.165) is 41.9 Å². The summed E-state index contributed by atoms with van der Waals surface area (Å²) in [5, 5.41) is 0. The fourth-order valence-electron chi connectivity index (χ4n) is 4.88. The van der Waals surface area contributed by atoms with Gasteiger partial charge in [-0.05, 0) is 61.6 Å². The molecule has 0 radical (unpaired) electrons. The molecule has 2 aromatic carbocycles. The van der Waals surface area contributed by atoms with Crippen LogP contribution in [0.5, 0.6) is 0 Å². The Morgan fingerprint density at radius 2 is 1.68 bits per heavy atom. The van der Waals surface area contributed by atoms with Crippen molar-refractivity contribution >= 4 is 10.0 Å². The second-order valence-electron chi connectivity index (χ2n) is 8.63. The van der Waals surface area contributed by atoms with E-state index in [-0.39, 0.29) is 6.04 Å². The van der Waals surface area contributed by atoms with Gasteiger partial charge in [-0.15, -0.1) is 0 Å². The van der Waals surface area contributed by atoms with Crippen LogP contribution in [0.25, 0.3) is 0 Å². The van der Waals surface area contributed by atoms with Gasteiger partial charge in [-0.1, -0.05) is 42.0 Å². The van der Waals surface area contributed by atoms with Crippen molar-refractivity contribution in [3.63, 3.8) is 0 Å². The number of nitrogens with one attached hydrogen (secondary N) is 1. The molecule has 0 bridgehead atoms. The molecule has 0 amide bonds. The topological polar surface area (TPSA) is 54.3 Å². The van der Waals surface area contributed by atoms with Crippen LogP contribution >= 0.6 is 0 Å². The van der Waals surface area contributed by atoms with Gasteiger partial charge in [0.15, 0.2) is 0 Å². The van der Waals surface area contributed by atoms with E-state index in [4.69, 9.17) is 0 Å². The van der Waals surface area contributed by atoms with Gasteiger partial charge in [0.25, 0.3) is 0 Å². The average molecular weight is 438 g/mol. The Bertz CT molecular complexity index is 1170. The first-order chi connectivity index (χ1) is 14.8. The largest absolute Gasteiger partial charge is 0.353 e. The molecule has 2 heterocycles. The van der Waals surface area contributed by atoms with E-state index in [0.29, 0.717) is 11.4 Å². The van der Waals surface area contributed by atoms with Gasteiger partial charge in [-0.2, -0.15) is 0 Å². The Kier molecular flexibility index (Phi) is 6.06. The lowest BCUT2D eigenvalue weighted by Crippen LogP contribution is -2.41. The quantitative estimate of drug-likeness (QED) is 0.634. The molecule has 4 rings (SSSR count). The smallest absolute Gasteiger partial charge is 0.241 e. The highest BCUT2D eigenvalue weighted by molar-refractivity contribution is 7.89. The number of aryl methyl sites for hydroxylation is 4. The summed E-state index contributed by atoms with van der Waals surface area (Å²) in [4.78, 5) is 2.78. The normalized spacial score (nSPS) is 15.6. The van der Waals surface area contributed by atoms with Crippen molar-refractivity contribution in [1.29, 1.82) is 0 Å². The third kappa shape index (κ3) is 4.47. The molecule has 0 fully saturated rings. The monoisotopic (exact) mass is 437 g/mol. The number of aromatic nitrogens is 1. The van der Waals surface area contributed by atoms with E-state index in [9.17, 15) is 8.42 Å². The average Bonchev–Trinajstić information content (AvgIpc) is 3.12. The van der Waals surface area contributed by atoms with Gasteiger partial charge in [-0.3, -0.25) is 4.90 Å². The minimum Gasteiger partial charge on any atom is -0.353 e. The minimum absolute atomic E-state index is 0.0470. The number of benzene rings is 2. The van der Waals surface area contributed by atoms with E-state index in [1.807, 2.05) is 52.2 Å². The summed E-state index contributed by atoms with van der Waals surface area (Å²) in [5.74, 6) is 0. The van der Waals surface area contributed by atoms with Crippen molar-refractivity contribution in [3.8, 4) is 0 Å². The van der Waals surface area contributed by atoms with Crippen LogP contribution in [0.2, 0.25) is 0 Å². The first-order valence-electron chi connectivity index (χ1n) is 10.8.